The molecule has 2 atom stereocenters. The molecule has 3 nitrogen and oxygen atoms in total. The summed E-state index contributed by atoms with van der Waals surface area (Å²) in [4.78, 5) is 0. The van der Waals surface area contributed by atoms with Crippen LogP contribution in [0.2, 0.25) is 0 Å². The first kappa shape index (κ1) is 11.4. The minimum atomic E-state index is 0.0640. The third-order valence-electron chi connectivity index (χ3n) is 3.64. The highest BCUT2D eigenvalue weighted by molar-refractivity contribution is 9.10. The topological polar surface area (TPSA) is 44.5 Å². The molecule has 2 N–H and O–H groups in total. The van der Waals surface area contributed by atoms with Gasteiger partial charge in [-0.2, -0.15) is 0 Å². The van der Waals surface area contributed by atoms with Crippen molar-refractivity contribution in [1.82, 2.24) is 0 Å². The monoisotopic (exact) mass is 297 g/mol. The second-order valence-corrected chi connectivity index (χ2v) is 5.65. The lowest BCUT2D eigenvalue weighted by Gasteiger charge is -2.32. The van der Waals surface area contributed by atoms with Crippen molar-refractivity contribution in [3.63, 3.8) is 0 Å². The Labute approximate surface area is 109 Å². The molecule has 1 aliphatic heterocycles. The van der Waals surface area contributed by atoms with Gasteiger partial charge in [-0.25, -0.2) is 0 Å². The predicted octanol–water partition coefficient (Wildman–Crippen LogP) is 3.12. The maximum Gasteiger partial charge on any atom is 0.166 e. The average Bonchev–Trinajstić information content (AvgIpc) is 2.33. The molecule has 0 amide bonds. The van der Waals surface area contributed by atoms with E-state index in [4.69, 9.17) is 15.2 Å². The summed E-state index contributed by atoms with van der Waals surface area (Å²) in [5.41, 5.74) is 8.69. The molecule has 1 aromatic carbocycles. The van der Waals surface area contributed by atoms with E-state index in [1.807, 2.05) is 6.07 Å². The molecule has 1 aromatic rings. The van der Waals surface area contributed by atoms with Crippen LogP contribution in [0.4, 0.5) is 0 Å². The van der Waals surface area contributed by atoms with Crippen LogP contribution in [0.25, 0.3) is 0 Å². The quantitative estimate of drug-likeness (QED) is 0.800. The molecular formula is C13H16BrNO2. The Hall–Kier alpha value is -0.740. The van der Waals surface area contributed by atoms with Crippen LogP contribution < -0.4 is 15.2 Å². The summed E-state index contributed by atoms with van der Waals surface area (Å²) in [6, 6.07) is 2.08. The smallest absolute Gasteiger partial charge is 0.166 e. The van der Waals surface area contributed by atoms with Crippen molar-refractivity contribution in [2.75, 3.05) is 13.2 Å². The van der Waals surface area contributed by atoms with E-state index in [0.717, 1.165) is 34.4 Å². The summed E-state index contributed by atoms with van der Waals surface area (Å²) >= 11 is 3.64. The van der Waals surface area contributed by atoms with Crippen LogP contribution in [0.5, 0.6) is 11.5 Å². The molecule has 2 aliphatic rings. The molecule has 1 heterocycles. The number of ether oxygens (including phenoxy) is 2. The van der Waals surface area contributed by atoms with Gasteiger partial charge in [0, 0.05) is 16.1 Å². The van der Waals surface area contributed by atoms with Crippen molar-refractivity contribution in [1.29, 1.82) is 0 Å². The van der Waals surface area contributed by atoms with Crippen molar-refractivity contribution in [3.05, 3.63) is 21.7 Å². The molecule has 0 saturated carbocycles. The van der Waals surface area contributed by atoms with Gasteiger partial charge in [0.2, 0.25) is 0 Å². The normalized spacial score (nSPS) is 26.5. The Bertz CT molecular complexity index is 461. The number of hydrogen-bond donors (Lipinski definition) is 1. The largest absolute Gasteiger partial charge is 0.486 e. The van der Waals surface area contributed by atoms with E-state index in [0.29, 0.717) is 19.1 Å². The fourth-order valence-corrected chi connectivity index (χ4v) is 3.59. The van der Waals surface area contributed by atoms with Crippen molar-refractivity contribution >= 4 is 15.9 Å². The summed E-state index contributed by atoms with van der Waals surface area (Å²) in [6.45, 7) is 3.47. The van der Waals surface area contributed by atoms with E-state index < -0.39 is 0 Å². The van der Waals surface area contributed by atoms with Crippen LogP contribution in [0.15, 0.2) is 10.5 Å². The molecule has 0 saturated heterocycles. The Morgan fingerprint density at radius 3 is 2.82 bits per heavy atom. The second kappa shape index (κ2) is 4.18. The van der Waals surface area contributed by atoms with Crippen LogP contribution >= 0.6 is 15.9 Å². The first-order valence-electron chi connectivity index (χ1n) is 6.06. The standard InChI is InChI=1S/C13H16BrNO2/c1-7-2-3-9(15)12-11(7)8(14)6-10-13(12)17-5-4-16-10/h6-7,9H,2-5,15H2,1H3/t7?,9-/m0/s1. The van der Waals surface area contributed by atoms with Crippen molar-refractivity contribution < 1.29 is 9.47 Å². The number of fused-ring (bicyclic) bond motifs is 3. The first-order valence-corrected chi connectivity index (χ1v) is 6.85. The number of benzene rings is 1. The van der Waals surface area contributed by atoms with Gasteiger partial charge in [-0.05, 0) is 30.4 Å². The molecule has 1 unspecified atom stereocenters. The lowest BCUT2D eigenvalue weighted by Crippen LogP contribution is -2.24. The lowest BCUT2D eigenvalue weighted by molar-refractivity contribution is 0.168. The van der Waals surface area contributed by atoms with E-state index in [-0.39, 0.29) is 6.04 Å². The van der Waals surface area contributed by atoms with Gasteiger partial charge in [-0.3, -0.25) is 0 Å². The van der Waals surface area contributed by atoms with Crippen LogP contribution in [0.3, 0.4) is 0 Å². The highest BCUT2D eigenvalue weighted by Crippen LogP contribution is 2.49. The van der Waals surface area contributed by atoms with Gasteiger partial charge in [0.05, 0.1) is 0 Å². The number of rotatable bonds is 0. The summed E-state index contributed by atoms with van der Waals surface area (Å²) in [6.07, 6.45) is 2.15. The number of nitrogens with two attached hydrogens (primary N) is 1. The van der Waals surface area contributed by atoms with Crippen molar-refractivity contribution in [2.24, 2.45) is 5.73 Å². The maximum absolute atomic E-state index is 6.25. The Balaban J connectivity index is 2.24. The van der Waals surface area contributed by atoms with Gasteiger partial charge in [-0.1, -0.05) is 22.9 Å². The Kier molecular flexibility index (Phi) is 2.79. The van der Waals surface area contributed by atoms with Gasteiger partial charge in [-0.15, -0.1) is 0 Å². The molecule has 0 radical (unpaired) electrons. The lowest BCUT2D eigenvalue weighted by atomic mass is 9.80. The van der Waals surface area contributed by atoms with E-state index >= 15 is 0 Å². The zero-order valence-corrected chi connectivity index (χ0v) is 11.4. The molecule has 0 bridgehead atoms. The SMILES string of the molecule is CC1CC[C@H](N)c2c3c(cc(Br)c21)OCCO3. The molecule has 1 aliphatic carbocycles. The van der Waals surface area contributed by atoms with E-state index in [2.05, 4.69) is 22.9 Å². The minimum absolute atomic E-state index is 0.0640. The predicted molar refractivity (Wildman–Crippen MR) is 69.7 cm³/mol. The van der Waals surface area contributed by atoms with Gasteiger partial charge in [0.25, 0.3) is 0 Å². The molecule has 3 rings (SSSR count). The molecule has 92 valence electrons. The Morgan fingerprint density at radius 1 is 1.24 bits per heavy atom. The zero-order chi connectivity index (χ0) is 12.0. The van der Waals surface area contributed by atoms with Gasteiger partial charge in [0.1, 0.15) is 13.2 Å². The highest BCUT2D eigenvalue weighted by atomic mass is 79.9. The van der Waals surface area contributed by atoms with Crippen LogP contribution in [-0.2, 0) is 0 Å². The van der Waals surface area contributed by atoms with E-state index in [9.17, 15) is 0 Å². The molecular weight excluding hydrogens is 282 g/mol. The number of halogens is 1. The third kappa shape index (κ3) is 1.74. The highest BCUT2D eigenvalue weighted by Gasteiger charge is 2.31. The second-order valence-electron chi connectivity index (χ2n) is 4.79. The van der Waals surface area contributed by atoms with Crippen LogP contribution in [0.1, 0.15) is 42.9 Å². The van der Waals surface area contributed by atoms with Crippen molar-refractivity contribution in [3.8, 4) is 11.5 Å². The molecule has 17 heavy (non-hydrogen) atoms. The zero-order valence-electron chi connectivity index (χ0n) is 9.83. The summed E-state index contributed by atoms with van der Waals surface area (Å²) < 4.78 is 12.5. The third-order valence-corrected chi connectivity index (χ3v) is 4.29. The van der Waals surface area contributed by atoms with Gasteiger partial charge < -0.3 is 15.2 Å². The van der Waals surface area contributed by atoms with E-state index in [1.165, 1.54) is 5.56 Å². The molecule has 4 heteroatoms. The number of hydrogen-bond acceptors (Lipinski definition) is 3. The fourth-order valence-electron chi connectivity index (χ4n) is 2.78. The van der Waals surface area contributed by atoms with Gasteiger partial charge in [0.15, 0.2) is 11.5 Å². The molecule has 0 spiro atoms. The fraction of sp³-hybridized carbons (Fsp3) is 0.538. The van der Waals surface area contributed by atoms with Gasteiger partial charge >= 0.3 is 0 Å². The molecule has 0 fully saturated rings. The summed E-state index contributed by atoms with van der Waals surface area (Å²) in [5.74, 6) is 2.22. The Morgan fingerprint density at radius 2 is 2.00 bits per heavy atom. The summed E-state index contributed by atoms with van der Waals surface area (Å²) in [5, 5.41) is 0. The first-order chi connectivity index (χ1) is 8.18. The van der Waals surface area contributed by atoms with Crippen molar-refractivity contribution in [2.45, 2.75) is 31.7 Å². The van der Waals surface area contributed by atoms with E-state index in [1.54, 1.807) is 0 Å². The average molecular weight is 298 g/mol. The molecule has 0 aromatic heterocycles. The van der Waals surface area contributed by atoms with Crippen LogP contribution in [-0.4, -0.2) is 13.2 Å². The van der Waals surface area contributed by atoms with Crippen LogP contribution in [0, 0.1) is 0 Å². The summed E-state index contributed by atoms with van der Waals surface area (Å²) in [7, 11) is 0. The minimum Gasteiger partial charge on any atom is -0.486 e. The maximum atomic E-state index is 6.25.